The van der Waals surface area contributed by atoms with Gasteiger partial charge in [0.2, 0.25) is 0 Å². The molecule has 0 rings (SSSR count). The number of phosphoric ester groups is 1. The molecule has 1 unspecified atom stereocenters. The molecule has 0 aliphatic heterocycles. The fourth-order valence-corrected chi connectivity index (χ4v) is 6.59. The van der Waals surface area contributed by atoms with Crippen LogP contribution in [0.5, 0.6) is 0 Å². The lowest BCUT2D eigenvalue weighted by Gasteiger charge is -2.19. The van der Waals surface area contributed by atoms with Crippen LogP contribution in [-0.2, 0) is 32.7 Å². The molecule has 50 heavy (non-hydrogen) atoms. The van der Waals surface area contributed by atoms with Gasteiger partial charge in [-0.15, -0.1) is 0 Å². The van der Waals surface area contributed by atoms with Crippen LogP contribution < -0.4 is 5.73 Å². The van der Waals surface area contributed by atoms with Crippen LogP contribution in [-0.4, -0.2) is 49.3 Å². The van der Waals surface area contributed by atoms with Gasteiger partial charge in [0.25, 0.3) is 0 Å². The smallest absolute Gasteiger partial charge is 0.462 e. The Bertz CT molecular complexity index is 840. The van der Waals surface area contributed by atoms with Gasteiger partial charge in [0, 0.05) is 19.4 Å². The average Bonchev–Trinajstić information content (AvgIpc) is 3.10. The highest BCUT2D eigenvalue weighted by Crippen LogP contribution is 2.43. The Morgan fingerprint density at radius 2 is 1.02 bits per heavy atom. The van der Waals surface area contributed by atoms with Crippen molar-refractivity contribution < 1.29 is 37.6 Å². The zero-order chi connectivity index (χ0) is 36.8. The summed E-state index contributed by atoms with van der Waals surface area (Å²) in [6.07, 6.45) is 36.8. The molecule has 0 amide bonds. The summed E-state index contributed by atoms with van der Waals surface area (Å²) in [5.74, 6) is -0.876. The lowest BCUT2D eigenvalue weighted by molar-refractivity contribution is -0.161. The van der Waals surface area contributed by atoms with Crippen molar-refractivity contribution in [2.45, 2.75) is 206 Å². The van der Waals surface area contributed by atoms with E-state index in [9.17, 15) is 19.0 Å². The van der Waals surface area contributed by atoms with E-state index in [0.29, 0.717) is 12.8 Å². The van der Waals surface area contributed by atoms with Crippen molar-refractivity contribution in [1.82, 2.24) is 0 Å². The van der Waals surface area contributed by atoms with E-state index in [0.717, 1.165) is 25.7 Å². The summed E-state index contributed by atoms with van der Waals surface area (Å²) < 4.78 is 32.7. The molecule has 0 aromatic heterocycles. The van der Waals surface area contributed by atoms with Gasteiger partial charge in [-0.2, -0.15) is 0 Å². The third kappa shape index (κ3) is 36.5. The van der Waals surface area contributed by atoms with Crippen LogP contribution in [0.25, 0.3) is 0 Å². The number of esters is 2. The molecule has 0 saturated carbocycles. The van der Waals surface area contributed by atoms with Gasteiger partial charge in [-0.05, 0) is 25.7 Å². The van der Waals surface area contributed by atoms with Crippen LogP contribution in [0.2, 0.25) is 0 Å². The average molecular weight is 732 g/mol. The molecule has 0 aliphatic rings. The molecule has 0 heterocycles. The molecule has 0 aromatic carbocycles. The minimum absolute atomic E-state index is 0.0525. The number of carbonyl (C=O) groups excluding carboxylic acids is 2. The van der Waals surface area contributed by atoms with E-state index in [4.69, 9.17) is 24.3 Å². The lowest BCUT2D eigenvalue weighted by atomic mass is 10.0. The quantitative estimate of drug-likeness (QED) is 0.0274. The highest BCUT2D eigenvalue weighted by molar-refractivity contribution is 7.47. The summed E-state index contributed by atoms with van der Waals surface area (Å²) in [6, 6.07) is 0. The van der Waals surface area contributed by atoms with Crippen LogP contribution in [0.3, 0.4) is 0 Å². The molecule has 2 atom stereocenters. The number of nitrogens with two attached hydrogens (primary N) is 1. The van der Waals surface area contributed by atoms with Crippen molar-refractivity contribution in [2.24, 2.45) is 5.73 Å². The monoisotopic (exact) mass is 732 g/mol. The number of allylic oxidation sites excluding steroid dienone is 2. The van der Waals surface area contributed by atoms with Crippen molar-refractivity contribution >= 4 is 19.8 Å². The first-order chi connectivity index (χ1) is 24.3. The molecular formula is C40H78NO8P. The maximum Gasteiger partial charge on any atom is 0.472 e. The second-order valence-electron chi connectivity index (χ2n) is 13.9. The number of unbranched alkanes of at least 4 members (excludes halogenated alkanes) is 24. The number of rotatable bonds is 39. The van der Waals surface area contributed by atoms with Crippen LogP contribution >= 0.6 is 7.82 Å². The van der Waals surface area contributed by atoms with Crippen LogP contribution in [0.4, 0.5) is 0 Å². The molecule has 0 radical (unpaired) electrons. The predicted molar refractivity (Wildman–Crippen MR) is 206 cm³/mol. The Morgan fingerprint density at radius 3 is 1.50 bits per heavy atom. The second kappa shape index (κ2) is 37.5. The summed E-state index contributed by atoms with van der Waals surface area (Å²) in [6.45, 7) is 3.71. The number of hydrogen-bond donors (Lipinski definition) is 2. The van der Waals surface area contributed by atoms with Gasteiger partial charge in [-0.1, -0.05) is 174 Å². The Hall–Kier alpha value is -1.25. The summed E-state index contributed by atoms with van der Waals surface area (Å²) in [5, 5.41) is 0. The Labute approximate surface area is 307 Å². The van der Waals surface area contributed by atoms with Crippen molar-refractivity contribution in [2.75, 3.05) is 26.4 Å². The van der Waals surface area contributed by atoms with Crippen LogP contribution in [0.15, 0.2) is 12.2 Å². The molecule has 0 saturated heterocycles. The minimum Gasteiger partial charge on any atom is -0.462 e. The van der Waals surface area contributed by atoms with E-state index >= 15 is 0 Å². The molecule has 0 aromatic rings. The van der Waals surface area contributed by atoms with Gasteiger partial charge in [0.1, 0.15) is 6.61 Å². The lowest BCUT2D eigenvalue weighted by Crippen LogP contribution is -2.29. The molecule has 0 spiro atoms. The summed E-state index contributed by atoms with van der Waals surface area (Å²) in [7, 11) is -4.37. The highest BCUT2D eigenvalue weighted by atomic mass is 31.2. The van der Waals surface area contributed by atoms with E-state index < -0.39 is 32.5 Å². The maximum atomic E-state index is 12.5. The predicted octanol–water partition coefficient (Wildman–Crippen LogP) is 11.4. The summed E-state index contributed by atoms with van der Waals surface area (Å²) in [4.78, 5) is 34.7. The fraction of sp³-hybridized carbons (Fsp3) is 0.900. The topological polar surface area (TPSA) is 134 Å². The zero-order valence-electron chi connectivity index (χ0n) is 32.4. The molecule has 10 heteroatoms. The van der Waals surface area contributed by atoms with Crippen molar-refractivity contribution in [3.63, 3.8) is 0 Å². The van der Waals surface area contributed by atoms with E-state index in [1.165, 1.54) is 135 Å². The van der Waals surface area contributed by atoms with E-state index in [2.05, 4.69) is 19.9 Å². The summed E-state index contributed by atoms with van der Waals surface area (Å²) >= 11 is 0. The maximum absolute atomic E-state index is 12.5. The standard InChI is InChI=1S/C40H78NO8P/c1-3-5-7-9-11-13-15-17-19-21-22-24-26-28-30-32-39(42)46-36-38(37-48-50(44,45)47-35-34-41)49-40(43)33-31-29-27-25-23-20-18-16-14-12-10-8-6-4-2/h26,28,38H,3-25,27,29-37,41H2,1-2H3,(H,44,45)/b28-26+/t38-/m1/s1. The van der Waals surface area contributed by atoms with Gasteiger partial charge in [0.05, 0.1) is 13.2 Å². The first-order valence-corrected chi connectivity index (χ1v) is 22.2. The number of phosphoric acid groups is 1. The minimum atomic E-state index is -4.37. The second-order valence-corrected chi connectivity index (χ2v) is 15.3. The Kier molecular flexibility index (Phi) is 36.6. The Balaban J connectivity index is 4.19. The number of carbonyl (C=O) groups is 2. The molecule has 0 aliphatic carbocycles. The fourth-order valence-electron chi connectivity index (χ4n) is 5.83. The third-order valence-corrected chi connectivity index (χ3v) is 9.90. The molecule has 9 nitrogen and oxygen atoms in total. The number of hydrogen-bond acceptors (Lipinski definition) is 8. The zero-order valence-corrected chi connectivity index (χ0v) is 33.3. The van der Waals surface area contributed by atoms with Gasteiger partial charge in [-0.3, -0.25) is 18.6 Å². The first kappa shape index (κ1) is 48.8. The van der Waals surface area contributed by atoms with Crippen LogP contribution in [0, 0.1) is 0 Å². The molecule has 296 valence electrons. The van der Waals surface area contributed by atoms with E-state index in [1.807, 2.05) is 6.08 Å². The van der Waals surface area contributed by atoms with E-state index in [-0.39, 0.29) is 32.6 Å². The molecule has 3 N–H and O–H groups in total. The normalized spacial score (nSPS) is 13.4. The largest absolute Gasteiger partial charge is 0.472 e. The van der Waals surface area contributed by atoms with Gasteiger partial charge >= 0.3 is 19.8 Å². The highest BCUT2D eigenvalue weighted by Gasteiger charge is 2.25. The number of ether oxygens (including phenoxy) is 2. The van der Waals surface area contributed by atoms with Gasteiger partial charge < -0.3 is 20.1 Å². The van der Waals surface area contributed by atoms with Gasteiger partial charge in [0.15, 0.2) is 6.10 Å². The first-order valence-electron chi connectivity index (χ1n) is 20.7. The Morgan fingerprint density at radius 1 is 0.580 bits per heavy atom. The van der Waals surface area contributed by atoms with E-state index in [1.54, 1.807) is 0 Å². The molecular weight excluding hydrogens is 653 g/mol. The van der Waals surface area contributed by atoms with Crippen molar-refractivity contribution in [3.8, 4) is 0 Å². The SMILES string of the molecule is CCCCCCCCCCCCC/C=C/CCC(=O)OC[C@H](COP(=O)(O)OCCN)OC(=O)CCCCCCCCCCCCCCCC. The van der Waals surface area contributed by atoms with Crippen LogP contribution in [0.1, 0.15) is 200 Å². The van der Waals surface area contributed by atoms with Crippen molar-refractivity contribution in [1.29, 1.82) is 0 Å². The molecule has 0 fully saturated rings. The van der Waals surface area contributed by atoms with Gasteiger partial charge in [-0.25, -0.2) is 4.57 Å². The molecule has 0 bridgehead atoms. The summed E-state index contributed by atoms with van der Waals surface area (Å²) in [5.41, 5.74) is 5.34. The third-order valence-electron chi connectivity index (χ3n) is 8.91. The van der Waals surface area contributed by atoms with Crippen molar-refractivity contribution in [3.05, 3.63) is 12.2 Å².